The molecule has 2 aliphatic heterocycles. The summed E-state index contributed by atoms with van der Waals surface area (Å²) >= 11 is 0. The lowest BCUT2D eigenvalue weighted by Crippen LogP contribution is -2.51. The van der Waals surface area contributed by atoms with Crippen molar-refractivity contribution in [1.29, 1.82) is 10.8 Å². The smallest absolute Gasteiger partial charge is 0.262 e. The Morgan fingerprint density at radius 1 is 1.12 bits per heavy atom. The minimum absolute atomic E-state index is 0.128. The molecule has 2 aromatic rings. The first-order chi connectivity index (χ1) is 15.5. The summed E-state index contributed by atoms with van der Waals surface area (Å²) in [6.07, 6.45) is 6.70. The third-order valence-corrected chi connectivity index (χ3v) is 7.02. The first kappa shape index (κ1) is 20.4. The van der Waals surface area contributed by atoms with Crippen molar-refractivity contribution >= 4 is 11.9 Å². The average molecular weight is 428 g/mol. The van der Waals surface area contributed by atoms with Crippen LogP contribution in [-0.4, -0.2) is 29.4 Å². The second-order valence-corrected chi connectivity index (χ2v) is 9.03. The topological polar surface area (TPSA) is 102 Å². The molecule has 2 aromatic carbocycles. The Bertz CT molecular complexity index is 1170. The van der Waals surface area contributed by atoms with Gasteiger partial charge in [0.1, 0.15) is 11.4 Å². The zero-order valence-electron chi connectivity index (χ0n) is 18.1. The maximum atomic E-state index is 13.6. The van der Waals surface area contributed by atoms with Crippen molar-refractivity contribution in [2.75, 3.05) is 7.05 Å². The van der Waals surface area contributed by atoms with Crippen molar-refractivity contribution in [2.45, 2.75) is 56.1 Å². The second kappa shape index (κ2) is 7.56. The zero-order valence-corrected chi connectivity index (χ0v) is 18.1. The molecule has 0 saturated heterocycles. The number of hydrogen-bond donors (Lipinski definition) is 1. The molecule has 2 spiro atoms. The molecule has 3 aliphatic rings. The number of nitrogens with one attached hydrogen (secondary N) is 1. The van der Waals surface area contributed by atoms with E-state index in [0.717, 1.165) is 36.8 Å². The number of aliphatic imine (C=N–C) groups is 1. The number of fused-ring (bicyclic) bond motifs is 2. The quantitative estimate of drug-likeness (QED) is 0.636. The number of benzene rings is 2. The number of ether oxygens (including phenoxy) is 1. The molecule has 1 saturated carbocycles. The molecule has 32 heavy (non-hydrogen) atoms. The van der Waals surface area contributed by atoms with E-state index in [0.29, 0.717) is 23.3 Å². The third-order valence-electron chi connectivity index (χ3n) is 7.02. The maximum absolute atomic E-state index is 13.6. The van der Waals surface area contributed by atoms with Gasteiger partial charge in [-0.3, -0.25) is 9.69 Å². The van der Waals surface area contributed by atoms with Crippen LogP contribution in [0, 0.1) is 16.9 Å². The van der Waals surface area contributed by atoms with Gasteiger partial charge in [0.15, 0.2) is 5.54 Å². The predicted octanol–water partition coefficient (Wildman–Crippen LogP) is 5.16. The van der Waals surface area contributed by atoms with Crippen LogP contribution in [0.1, 0.15) is 56.1 Å². The van der Waals surface area contributed by atoms with Gasteiger partial charge in [0.2, 0.25) is 5.96 Å². The van der Waals surface area contributed by atoms with Crippen molar-refractivity contribution in [2.24, 2.45) is 10.1 Å². The summed E-state index contributed by atoms with van der Waals surface area (Å²) in [5.41, 5.74) is 9.03. The minimum Gasteiger partial charge on any atom is -0.487 e. The minimum atomic E-state index is -1.14. The monoisotopic (exact) mass is 427 g/mol. The molecule has 1 atom stereocenters. The lowest BCUT2D eigenvalue weighted by Gasteiger charge is -2.45. The number of carbonyl (C=O) groups excluding carboxylic acids is 1. The Morgan fingerprint density at radius 2 is 1.88 bits per heavy atom. The largest absolute Gasteiger partial charge is 0.487 e. The van der Waals surface area contributed by atoms with Crippen LogP contribution in [0.25, 0.3) is 11.1 Å². The normalized spacial score (nSPS) is 23.8. The number of likely N-dealkylation sites (N-methyl/N-ethyl adjacent to an activating group) is 1. The number of guanidine groups is 1. The van der Waals surface area contributed by atoms with Gasteiger partial charge in [0, 0.05) is 19.0 Å². The van der Waals surface area contributed by atoms with Crippen LogP contribution in [0.3, 0.4) is 0 Å². The molecular weight excluding hydrogens is 402 g/mol. The van der Waals surface area contributed by atoms with Crippen molar-refractivity contribution in [1.82, 2.24) is 4.90 Å². The molecule has 1 unspecified atom stereocenters. The predicted molar refractivity (Wildman–Crippen MR) is 119 cm³/mol. The van der Waals surface area contributed by atoms with Crippen LogP contribution in [0.5, 0.6) is 5.75 Å². The molecule has 1 amide bonds. The highest BCUT2D eigenvalue weighted by atomic mass is 16.5. The number of nitrogens with zero attached hydrogens (tertiary/aromatic N) is 4. The fourth-order valence-corrected chi connectivity index (χ4v) is 5.42. The summed E-state index contributed by atoms with van der Waals surface area (Å²) in [7, 11) is 1.63. The SMILES string of the molecule is CN1C(=O)C2(CC3(CCCCCC3)Oc3ccc(-c4cccc(C#N)c4)cc32)N=C1N=N. The van der Waals surface area contributed by atoms with E-state index in [1.54, 1.807) is 13.1 Å². The highest BCUT2D eigenvalue weighted by Crippen LogP contribution is 2.53. The summed E-state index contributed by atoms with van der Waals surface area (Å²) < 4.78 is 6.65. The van der Waals surface area contributed by atoms with Crippen molar-refractivity contribution in [3.8, 4) is 22.9 Å². The standard InChI is InChI=1S/C25H25N5O2/c1-30-22(31)25(28-23(30)29-27)16-24(11-4-2-3-5-12-24)32-21-10-9-19(14-20(21)25)18-8-6-7-17(13-18)15-26/h6-10,13-14,27H,2-5,11-12,16H2,1H3. The molecule has 0 aromatic heterocycles. The van der Waals surface area contributed by atoms with E-state index in [1.807, 2.05) is 36.4 Å². The molecule has 0 bridgehead atoms. The van der Waals surface area contributed by atoms with Gasteiger partial charge in [-0.25, -0.2) is 10.5 Å². The van der Waals surface area contributed by atoms with Gasteiger partial charge in [-0.2, -0.15) is 5.26 Å². The van der Waals surface area contributed by atoms with Gasteiger partial charge in [-0.15, -0.1) is 5.11 Å². The highest BCUT2D eigenvalue weighted by molar-refractivity contribution is 6.08. The number of nitriles is 1. The Morgan fingerprint density at radius 3 is 2.56 bits per heavy atom. The van der Waals surface area contributed by atoms with Crippen LogP contribution in [-0.2, 0) is 10.3 Å². The first-order valence-electron chi connectivity index (χ1n) is 11.1. The number of hydrogen-bond acceptors (Lipinski definition) is 6. The molecule has 1 aliphatic carbocycles. The molecule has 7 heteroatoms. The Hall–Kier alpha value is -3.53. The summed E-state index contributed by atoms with van der Waals surface area (Å²) in [5.74, 6) is 0.637. The summed E-state index contributed by atoms with van der Waals surface area (Å²) in [6.45, 7) is 0. The third kappa shape index (κ3) is 3.10. The molecule has 5 rings (SSSR count). The zero-order chi connectivity index (χ0) is 22.3. The van der Waals surface area contributed by atoms with E-state index in [4.69, 9.17) is 15.3 Å². The first-order valence-corrected chi connectivity index (χ1v) is 11.1. The van der Waals surface area contributed by atoms with Gasteiger partial charge in [-0.05, 0) is 61.1 Å². The lowest BCUT2D eigenvalue weighted by atomic mass is 9.73. The Labute approximate surface area is 187 Å². The van der Waals surface area contributed by atoms with Gasteiger partial charge in [0.25, 0.3) is 5.91 Å². The molecule has 7 nitrogen and oxygen atoms in total. The maximum Gasteiger partial charge on any atom is 0.262 e. The van der Waals surface area contributed by atoms with E-state index in [9.17, 15) is 10.1 Å². The number of amides is 1. The fraction of sp³-hybridized carbons (Fsp3) is 0.400. The van der Waals surface area contributed by atoms with Crippen LogP contribution >= 0.6 is 0 Å². The Kier molecular flexibility index (Phi) is 4.81. The molecule has 162 valence electrons. The molecule has 1 fully saturated rings. The van der Waals surface area contributed by atoms with Gasteiger partial charge >= 0.3 is 0 Å². The van der Waals surface area contributed by atoms with E-state index >= 15 is 0 Å². The molecule has 1 N–H and O–H groups in total. The van der Waals surface area contributed by atoms with E-state index in [2.05, 4.69) is 11.2 Å². The molecule has 0 radical (unpaired) electrons. The summed E-state index contributed by atoms with van der Waals surface area (Å²) in [4.78, 5) is 19.8. The van der Waals surface area contributed by atoms with Crippen molar-refractivity contribution < 1.29 is 9.53 Å². The summed E-state index contributed by atoms with van der Waals surface area (Å²) in [5, 5.41) is 12.8. The van der Waals surface area contributed by atoms with Crippen LogP contribution in [0.2, 0.25) is 0 Å². The van der Waals surface area contributed by atoms with Crippen molar-refractivity contribution in [3.05, 3.63) is 53.6 Å². The van der Waals surface area contributed by atoms with E-state index < -0.39 is 11.1 Å². The van der Waals surface area contributed by atoms with Gasteiger partial charge in [0.05, 0.1) is 11.6 Å². The van der Waals surface area contributed by atoms with Crippen LogP contribution in [0.4, 0.5) is 0 Å². The average Bonchev–Trinajstić information content (AvgIpc) is 2.96. The molecule has 2 heterocycles. The lowest BCUT2D eigenvalue weighted by molar-refractivity contribution is -0.134. The number of rotatable bonds is 1. The van der Waals surface area contributed by atoms with E-state index in [-0.39, 0.29) is 11.9 Å². The second-order valence-electron chi connectivity index (χ2n) is 9.03. The molecular formula is C25H25N5O2. The van der Waals surface area contributed by atoms with Crippen LogP contribution < -0.4 is 4.74 Å². The Balaban J connectivity index is 1.69. The highest BCUT2D eigenvalue weighted by Gasteiger charge is 2.58. The van der Waals surface area contributed by atoms with Gasteiger partial charge in [-0.1, -0.05) is 31.0 Å². The summed E-state index contributed by atoms with van der Waals surface area (Å²) in [6, 6.07) is 15.4. The van der Waals surface area contributed by atoms with Crippen molar-refractivity contribution in [3.63, 3.8) is 0 Å². The fourth-order valence-electron chi connectivity index (χ4n) is 5.42. The van der Waals surface area contributed by atoms with E-state index in [1.165, 1.54) is 17.7 Å². The van der Waals surface area contributed by atoms with Gasteiger partial charge < -0.3 is 4.74 Å². The van der Waals surface area contributed by atoms with Crippen LogP contribution in [0.15, 0.2) is 52.6 Å². The number of carbonyl (C=O) groups is 1.